The Morgan fingerprint density at radius 1 is 0.867 bits per heavy atom. The second-order valence-corrected chi connectivity index (χ2v) is 5.41. The molecule has 0 amide bonds. The first-order chi connectivity index (χ1) is 7.40. The molecule has 2 aromatic carbocycles. The molecule has 2 heteroatoms. The zero-order valence-electron chi connectivity index (χ0n) is 8.09. The molecule has 2 rings (SSSR count). The fourth-order valence-electron chi connectivity index (χ4n) is 1.29. The summed E-state index contributed by atoms with van der Waals surface area (Å²) < 4.78 is 2.44. The number of carbonyl (C=O) groups excluding carboxylic acids is 1. The molecular formula is C13H10OSe. The summed E-state index contributed by atoms with van der Waals surface area (Å²) in [6.07, 6.45) is 0.931. The Labute approximate surface area is 95.3 Å². The van der Waals surface area contributed by atoms with Crippen LogP contribution in [0.4, 0.5) is 0 Å². The van der Waals surface area contributed by atoms with Crippen LogP contribution in [0.15, 0.2) is 54.6 Å². The topological polar surface area (TPSA) is 17.1 Å². The van der Waals surface area contributed by atoms with Gasteiger partial charge in [-0.05, 0) is 0 Å². The van der Waals surface area contributed by atoms with Crippen molar-refractivity contribution < 1.29 is 4.79 Å². The molecular weight excluding hydrogens is 251 g/mol. The van der Waals surface area contributed by atoms with Crippen LogP contribution in [-0.2, 0) is 0 Å². The average molecular weight is 261 g/mol. The summed E-state index contributed by atoms with van der Waals surface area (Å²) in [5.41, 5.74) is 0.807. The Morgan fingerprint density at radius 2 is 1.53 bits per heavy atom. The van der Waals surface area contributed by atoms with Gasteiger partial charge in [0.1, 0.15) is 0 Å². The number of hydrogen-bond donors (Lipinski definition) is 0. The van der Waals surface area contributed by atoms with Crippen LogP contribution in [0.25, 0.3) is 0 Å². The number of rotatable bonds is 3. The van der Waals surface area contributed by atoms with E-state index >= 15 is 0 Å². The van der Waals surface area contributed by atoms with Gasteiger partial charge in [0.2, 0.25) is 0 Å². The molecule has 0 aliphatic rings. The van der Waals surface area contributed by atoms with Crippen molar-refractivity contribution in [3.05, 3.63) is 60.2 Å². The van der Waals surface area contributed by atoms with Crippen LogP contribution in [0, 0.1) is 0 Å². The predicted molar refractivity (Wildman–Crippen MR) is 63.3 cm³/mol. The molecule has 1 nitrogen and oxygen atoms in total. The number of aldehydes is 1. The van der Waals surface area contributed by atoms with Crippen molar-refractivity contribution in [2.24, 2.45) is 0 Å². The van der Waals surface area contributed by atoms with Crippen LogP contribution in [-0.4, -0.2) is 21.2 Å². The summed E-state index contributed by atoms with van der Waals surface area (Å²) in [4.78, 5) is 10.8. The van der Waals surface area contributed by atoms with E-state index in [0.717, 1.165) is 16.3 Å². The van der Waals surface area contributed by atoms with Crippen molar-refractivity contribution in [3.8, 4) is 0 Å². The van der Waals surface area contributed by atoms with Gasteiger partial charge in [-0.1, -0.05) is 0 Å². The van der Waals surface area contributed by atoms with Crippen molar-refractivity contribution in [1.82, 2.24) is 0 Å². The molecule has 0 N–H and O–H groups in total. The molecule has 0 radical (unpaired) electrons. The van der Waals surface area contributed by atoms with E-state index in [4.69, 9.17) is 0 Å². The minimum atomic E-state index is 0.221. The van der Waals surface area contributed by atoms with Crippen molar-refractivity contribution >= 4 is 30.2 Å². The molecule has 0 aromatic heterocycles. The summed E-state index contributed by atoms with van der Waals surface area (Å²) in [5.74, 6) is 0. The van der Waals surface area contributed by atoms with E-state index < -0.39 is 0 Å². The standard InChI is InChI=1S/C13H10OSe/c14-10-11-6-4-5-9-13(11)15-12-7-2-1-3-8-12/h1-10H. The molecule has 0 aliphatic heterocycles. The molecule has 0 saturated heterocycles. The van der Waals surface area contributed by atoms with E-state index in [9.17, 15) is 4.79 Å². The molecule has 0 aliphatic carbocycles. The molecule has 0 heterocycles. The van der Waals surface area contributed by atoms with Crippen LogP contribution in [0.3, 0.4) is 0 Å². The first kappa shape index (κ1) is 10.2. The van der Waals surface area contributed by atoms with Crippen molar-refractivity contribution in [2.75, 3.05) is 0 Å². The Bertz CT molecular complexity index is 451. The third kappa shape index (κ3) is 2.56. The number of carbonyl (C=O) groups is 1. The van der Waals surface area contributed by atoms with Crippen LogP contribution >= 0.6 is 0 Å². The van der Waals surface area contributed by atoms with E-state index in [1.807, 2.05) is 42.5 Å². The SMILES string of the molecule is O=Cc1ccccc1[Se]c1ccccc1. The van der Waals surface area contributed by atoms with E-state index in [0.29, 0.717) is 0 Å². The fourth-order valence-corrected chi connectivity index (χ4v) is 3.23. The summed E-state index contributed by atoms with van der Waals surface area (Å²) in [6, 6.07) is 18.0. The molecule has 0 unspecified atom stereocenters. The van der Waals surface area contributed by atoms with Crippen LogP contribution < -0.4 is 8.92 Å². The normalized spacial score (nSPS) is 9.87. The van der Waals surface area contributed by atoms with Gasteiger partial charge in [-0.2, -0.15) is 0 Å². The minimum absolute atomic E-state index is 0.221. The molecule has 0 fully saturated rings. The maximum atomic E-state index is 10.8. The van der Waals surface area contributed by atoms with Gasteiger partial charge in [0, 0.05) is 0 Å². The van der Waals surface area contributed by atoms with Gasteiger partial charge in [-0.15, -0.1) is 0 Å². The Hall–Kier alpha value is -1.37. The molecule has 0 saturated carbocycles. The van der Waals surface area contributed by atoms with Gasteiger partial charge in [-0.3, -0.25) is 0 Å². The zero-order chi connectivity index (χ0) is 10.5. The second-order valence-electron chi connectivity index (χ2n) is 3.07. The molecule has 15 heavy (non-hydrogen) atoms. The summed E-state index contributed by atoms with van der Waals surface area (Å²) >= 11 is 0.221. The first-order valence-electron chi connectivity index (χ1n) is 4.67. The van der Waals surface area contributed by atoms with Gasteiger partial charge in [0.15, 0.2) is 0 Å². The third-order valence-electron chi connectivity index (χ3n) is 2.02. The summed E-state index contributed by atoms with van der Waals surface area (Å²) in [7, 11) is 0. The van der Waals surface area contributed by atoms with Crippen LogP contribution in [0.5, 0.6) is 0 Å². The maximum absolute atomic E-state index is 10.8. The first-order valence-corrected chi connectivity index (χ1v) is 6.38. The summed E-state index contributed by atoms with van der Waals surface area (Å²) in [5, 5.41) is 0. The van der Waals surface area contributed by atoms with E-state index in [2.05, 4.69) is 12.1 Å². The monoisotopic (exact) mass is 262 g/mol. The second kappa shape index (κ2) is 4.92. The molecule has 0 spiro atoms. The van der Waals surface area contributed by atoms with Crippen molar-refractivity contribution in [1.29, 1.82) is 0 Å². The van der Waals surface area contributed by atoms with E-state index in [-0.39, 0.29) is 15.0 Å². The van der Waals surface area contributed by atoms with Gasteiger partial charge < -0.3 is 0 Å². The van der Waals surface area contributed by atoms with Gasteiger partial charge >= 0.3 is 95.1 Å². The third-order valence-corrected chi connectivity index (χ3v) is 4.32. The van der Waals surface area contributed by atoms with Crippen molar-refractivity contribution in [2.45, 2.75) is 0 Å². The average Bonchev–Trinajstić information content (AvgIpc) is 2.31. The van der Waals surface area contributed by atoms with E-state index in [1.165, 1.54) is 4.46 Å². The number of hydrogen-bond acceptors (Lipinski definition) is 1. The zero-order valence-corrected chi connectivity index (χ0v) is 9.80. The molecule has 0 bridgehead atoms. The van der Waals surface area contributed by atoms with Crippen molar-refractivity contribution in [3.63, 3.8) is 0 Å². The van der Waals surface area contributed by atoms with Crippen LogP contribution in [0.1, 0.15) is 10.4 Å². The molecule has 74 valence electrons. The molecule has 2 aromatic rings. The van der Waals surface area contributed by atoms with Crippen LogP contribution in [0.2, 0.25) is 0 Å². The fraction of sp³-hybridized carbons (Fsp3) is 0. The Kier molecular flexibility index (Phi) is 3.33. The Balaban J connectivity index is 2.28. The predicted octanol–water partition coefficient (Wildman–Crippen LogP) is 1.15. The Morgan fingerprint density at radius 3 is 2.27 bits per heavy atom. The molecule has 0 atom stereocenters. The van der Waals surface area contributed by atoms with Gasteiger partial charge in [0.05, 0.1) is 0 Å². The van der Waals surface area contributed by atoms with E-state index in [1.54, 1.807) is 0 Å². The quantitative estimate of drug-likeness (QED) is 0.598. The van der Waals surface area contributed by atoms with Gasteiger partial charge in [0.25, 0.3) is 0 Å². The number of benzene rings is 2. The summed E-state index contributed by atoms with van der Waals surface area (Å²) in [6.45, 7) is 0. The van der Waals surface area contributed by atoms with Gasteiger partial charge in [-0.25, -0.2) is 0 Å².